The smallest absolute Gasteiger partial charge is 0.211 e. The Balaban J connectivity index is 1.17. The fraction of sp³-hybridized carbons (Fsp3) is 0.562. The highest BCUT2D eigenvalue weighted by Crippen LogP contribution is 2.42. The maximum absolute atomic E-state index is 12.1. The van der Waals surface area contributed by atoms with Crippen LogP contribution in [-0.4, -0.2) is 35.9 Å². The second kappa shape index (κ2) is 14.2. The van der Waals surface area contributed by atoms with Crippen LogP contribution in [0, 0.1) is 0 Å². The number of rotatable bonds is 17. The summed E-state index contributed by atoms with van der Waals surface area (Å²) in [5.41, 5.74) is 7.07. The molecule has 0 aliphatic heterocycles. The fourth-order valence-electron chi connectivity index (χ4n) is 5.95. The third-order valence-corrected chi connectivity index (χ3v) is 9.50. The highest BCUT2D eigenvalue weighted by atomic mass is 32.2. The maximum Gasteiger partial charge on any atom is 0.211 e. The van der Waals surface area contributed by atoms with Gasteiger partial charge in [-0.2, -0.15) is 0 Å². The van der Waals surface area contributed by atoms with Gasteiger partial charge >= 0.3 is 0 Å². The Morgan fingerprint density at radius 2 is 1.54 bits per heavy atom. The van der Waals surface area contributed by atoms with Crippen LogP contribution in [0.4, 0.5) is 0 Å². The van der Waals surface area contributed by atoms with Gasteiger partial charge in [-0.25, -0.2) is 13.1 Å². The molecule has 0 atom stereocenters. The van der Waals surface area contributed by atoms with E-state index in [1.54, 1.807) is 6.07 Å². The minimum Gasteiger partial charge on any atom is -0.508 e. The number of phenolic OH excluding ortho intramolecular Hbond substituents is 2. The molecule has 0 saturated heterocycles. The first-order valence-corrected chi connectivity index (χ1v) is 16.7. The van der Waals surface area contributed by atoms with Gasteiger partial charge in [-0.1, -0.05) is 64.7 Å². The van der Waals surface area contributed by atoms with Crippen LogP contribution >= 0.6 is 0 Å². The minimum atomic E-state index is -3.12. The van der Waals surface area contributed by atoms with Gasteiger partial charge in [0.2, 0.25) is 10.0 Å². The Morgan fingerprint density at radius 1 is 0.821 bits per heavy atom. The zero-order valence-corrected chi connectivity index (χ0v) is 24.3. The minimum absolute atomic E-state index is 0.244. The van der Waals surface area contributed by atoms with Gasteiger partial charge in [0.25, 0.3) is 0 Å². The number of benzene rings is 2. The van der Waals surface area contributed by atoms with E-state index in [2.05, 4.69) is 16.6 Å². The summed E-state index contributed by atoms with van der Waals surface area (Å²) in [7, 11) is -3.12. The van der Waals surface area contributed by atoms with Crippen molar-refractivity contribution in [3.63, 3.8) is 0 Å². The summed E-state index contributed by atoms with van der Waals surface area (Å²) in [5, 5.41) is 21.5. The topological polar surface area (TPSA) is 102 Å². The number of nitrogens with one attached hydrogen (secondary N) is 2. The monoisotopic (exact) mass is 554 g/mol. The molecule has 0 unspecified atom stereocenters. The molecule has 1 heterocycles. The predicted octanol–water partition coefficient (Wildman–Crippen LogP) is 7.51. The molecule has 2 aromatic carbocycles. The Bertz CT molecular complexity index is 1330. The van der Waals surface area contributed by atoms with E-state index in [0.717, 1.165) is 100 Å². The highest BCUT2D eigenvalue weighted by Gasteiger charge is 2.24. The van der Waals surface area contributed by atoms with E-state index >= 15 is 0 Å². The molecule has 3 aromatic rings. The normalized spacial score (nSPS) is 13.1. The number of sulfonamides is 1. The molecule has 0 amide bonds. The lowest BCUT2D eigenvalue weighted by Gasteiger charge is -2.21. The number of aromatic nitrogens is 1. The largest absolute Gasteiger partial charge is 0.508 e. The number of hydrogen-bond donors (Lipinski definition) is 4. The maximum atomic E-state index is 12.1. The summed E-state index contributed by atoms with van der Waals surface area (Å²) in [5.74, 6) is 0.875. The number of fused-ring (bicyclic) bond motifs is 5. The zero-order valence-electron chi connectivity index (χ0n) is 23.5. The Morgan fingerprint density at radius 3 is 2.31 bits per heavy atom. The number of phenols is 2. The van der Waals surface area contributed by atoms with E-state index in [-0.39, 0.29) is 11.5 Å². The number of aromatic amines is 1. The first-order valence-electron chi connectivity index (χ1n) is 15.0. The van der Waals surface area contributed by atoms with Crippen molar-refractivity contribution < 1.29 is 18.6 Å². The van der Waals surface area contributed by atoms with E-state index in [4.69, 9.17) is 0 Å². The molecule has 4 N–H and O–H groups in total. The molecule has 214 valence electrons. The number of aryl methyl sites for hydroxylation is 3. The highest BCUT2D eigenvalue weighted by molar-refractivity contribution is 7.89. The lowest BCUT2D eigenvalue weighted by molar-refractivity contribution is 0.473. The van der Waals surface area contributed by atoms with Crippen molar-refractivity contribution in [2.45, 2.75) is 103 Å². The van der Waals surface area contributed by atoms with Crippen molar-refractivity contribution >= 4 is 20.9 Å². The molecule has 4 rings (SSSR count). The molecule has 0 fully saturated rings. The van der Waals surface area contributed by atoms with Crippen molar-refractivity contribution in [3.8, 4) is 22.8 Å². The first-order chi connectivity index (χ1) is 18.9. The van der Waals surface area contributed by atoms with Gasteiger partial charge in [0.15, 0.2) is 0 Å². The van der Waals surface area contributed by atoms with Gasteiger partial charge in [-0.15, -0.1) is 0 Å². The average Bonchev–Trinajstić information content (AvgIpc) is 3.27. The van der Waals surface area contributed by atoms with Crippen molar-refractivity contribution in [2.24, 2.45) is 0 Å². The van der Waals surface area contributed by atoms with Crippen LogP contribution in [-0.2, 0) is 29.3 Å². The van der Waals surface area contributed by atoms with Crippen LogP contribution in [0.5, 0.6) is 11.5 Å². The van der Waals surface area contributed by atoms with Gasteiger partial charge in [0.05, 0.1) is 11.4 Å². The van der Waals surface area contributed by atoms with Crippen LogP contribution in [0.1, 0.15) is 101 Å². The number of aromatic hydroxyl groups is 2. The lowest BCUT2D eigenvalue weighted by Crippen LogP contribution is -2.27. The summed E-state index contributed by atoms with van der Waals surface area (Å²) in [6.45, 7) is 2.72. The van der Waals surface area contributed by atoms with Gasteiger partial charge in [-0.05, 0) is 85.5 Å². The van der Waals surface area contributed by atoms with Crippen LogP contribution in [0.25, 0.3) is 22.2 Å². The van der Waals surface area contributed by atoms with Crippen molar-refractivity contribution in [2.75, 3.05) is 12.3 Å². The summed E-state index contributed by atoms with van der Waals surface area (Å²) in [6.07, 6.45) is 15.6. The second-order valence-corrected chi connectivity index (χ2v) is 13.1. The SMILES string of the molecule is CCCCCCNS(=O)(=O)CCCCCCCCCCc1cc(O)cc2c1-c1[nH]c3ccc(O)cc3c1CC2. The number of hydrogen-bond acceptors (Lipinski definition) is 4. The summed E-state index contributed by atoms with van der Waals surface area (Å²) in [4.78, 5) is 3.59. The van der Waals surface area contributed by atoms with Crippen LogP contribution in [0.15, 0.2) is 30.3 Å². The lowest BCUT2D eigenvalue weighted by atomic mass is 9.84. The quantitative estimate of drug-likeness (QED) is 0.130. The third kappa shape index (κ3) is 8.24. The Kier molecular flexibility index (Phi) is 10.7. The predicted molar refractivity (Wildman–Crippen MR) is 161 cm³/mol. The second-order valence-electron chi connectivity index (χ2n) is 11.2. The third-order valence-electron chi connectivity index (χ3n) is 8.03. The van der Waals surface area contributed by atoms with Crippen molar-refractivity contribution in [3.05, 3.63) is 47.0 Å². The molecule has 39 heavy (non-hydrogen) atoms. The molecule has 1 aliphatic carbocycles. The Hall–Kier alpha value is -2.51. The molecular formula is C32H46N2O4S. The summed E-state index contributed by atoms with van der Waals surface area (Å²) < 4.78 is 26.9. The van der Waals surface area contributed by atoms with E-state index in [1.807, 2.05) is 24.3 Å². The summed E-state index contributed by atoms with van der Waals surface area (Å²) in [6, 6.07) is 9.33. The number of unbranched alkanes of at least 4 members (excludes halogenated alkanes) is 10. The first kappa shape index (κ1) is 29.5. The van der Waals surface area contributed by atoms with Crippen LogP contribution in [0.3, 0.4) is 0 Å². The molecule has 1 aliphatic rings. The van der Waals surface area contributed by atoms with Crippen molar-refractivity contribution in [1.29, 1.82) is 0 Å². The van der Waals surface area contributed by atoms with Gasteiger partial charge in [-0.3, -0.25) is 0 Å². The molecule has 7 heteroatoms. The molecular weight excluding hydrogens is 508 g/mol. The molecule has 0 bridgehead atoms. The zero-order chi connectivity index (χ0) is 27.7. The van der Waals surface area contributed by atoms with Gasteiger partial charge < -0.3 is 15.2 Å². The average molecular weight is 555 g/mol. The Labute approximate surface area is 234 Å². The molecule has 0 spiro atoms. The molecule has 1 aromatic heterocycles. The summed E-state index contributed by atoms with van der Waals surface area (Å²) >= 11 is 0. The van der Waals surface area contributed by atoms with E-state index in [1.165, 1.54) is 35.1 Å². The molecule has 0 radical (unpaired) electrons. The van der Waals surface area contributed by atoms with Gasteiger partial charge in [0, 0.05) is 23.0 Å². The van der Waals surface area contributed by atoms with Gasteiger partial charge in [0.1, 0.15) is 11.5 Å². The molecule has 0 saturated carbocycles. The van der Waals surface area contributed by atoms with E-state index in [9.17, 15) is 18.6 Å². The molecule has 6 nitrogen and oxygen atoms in total. The van der Waals surface area contributed by atoms with E-state index < -0.39 is 10.0 Å². The van der Waals surface area contributed by atoms with Crippen LogP contribution < -0.4 is 4.72 Å². The standard InChI is InChI=1S/C32H46N2O4S/c1-2-3-4-12-19-33-39(37,38)20-13-10-8-6-5-7-9-11-14-24-21-27(36)22-25-15-17-28-29-23-26(35)16-18-30(29)34-32(28)31(24)25/h16,18,21-23,33-36H,2-15,17,19-20H2,1H3. The van der Waals surface area contributed by atoms with Crippen LogP contribution in [0.2, 0.25) is 0 Å². The number of H-pyrrole nitrogens is 1. The van der Waals surface area contributed by atoms with E-state index in [0.29, 0.717) is 12.3 Å². The van der Waals surface area contributed by atoms with Crippen molar-refractivity contribution in [1.82, 2.24) is 9.71 Å². The fourth-order valence-corrected chi connectivity index (χ4v) is 7.14.